The van der Waals surface area contributed by atoms with E-state index in [4.69, 9.17) is 10.5 Å². The maximum absolute atomic E-state index is 9.62. The Morgan fingerprint density at radius 2 is 1.65 bits per heavy atom. The van der Waals surface area contributed by atoms with Crippen LogP contribution in [0.2, 0.25) is 0 Å². The molecule has 0 fully saturated rings. The predicted molar refractivity (Wildman–Crippen MR) is 89.7 cm³/mol. The van der Waals surface area contributed by atoms with Crippen molar-refractivity contribution in [2.75, 3.05) is 0 Å². The Bertz CT molecular complexity index is 968. The number of benzene rings is 3. The van der Waals surface area contributed by atoms with E-state index in [9.17, 15) is 5.26 Å². The van der Waals surface area contributed by atoms with Gasteiger partial charge in [-0.3, -0.25) is 0 Å². The largest absolute Gasteiger partial charge is 0.440 e. The lowest BCUT2D eigenvalue weighted by Gasteiger charge is -2.27. The van der Waals surface area contributed by atoms with Crippen LogP contribution in [0.5, 0.6) is 5.75 Å². The zero-order chi connectivity index (χ0) is 15.8. The lowest BCUT2D eigenvalue weighted by atomic mass is 9.81. The number of nitrogens with zero attached hydrogens (tertiary/aromatic N) is 1. The lowest BCUT2D eigenvalue weighted by molar-refractivity contribution is 0.395. The number of ether oxygens (including phenoxy) is 1. The van der Waals surface area contributed by atoms with Crippen LogP contribution in [0.15, 0.2) is 78.2 Å². The fraction of sp³-hybridized carbons (Fsp3) is 0.0500. The maximum Gasteiger partial charge on any atom is 0.205 e. The van der Waals surface area contributed by atoms with Gasteiger partial charge in [-0.1, -0.05) is 60.7 Å². The molecule has 1 atom stereocenters. The van der Waals surface area contributed by atoms with Gasteiger partial charge in [-0.05, 0) is 22.4 Å². The second-order valence-electron chi connectivity index (χ2n) is 5.53. The van der Waals surface area contributed by atoms with E-state index in [2.05, 4.69) is 18.2 Å². The van der Waals surface area contributed by atoms with Crippen molar-refractivity contribution < 1.29 is 4.74 Å². The molecule has 0 bridgehead atoms. The van der Waals surface area contributed by atoms with Crippen LogP contribution >= 0.6 is 0 Å². The fourth-order valence-corrected chi connectivity index (χ4v) is 3.22. The summed E-state index contributed by atoms with van der Waals surface area (Å²) in [5.74, 6) is 0.689. The highest BCUT2D eigenvalue weighted by molar-refractivity contribution is 5.90. The minimum absolute atomic E-state index is 0.184. The third kappa shape index (κ3) is 2.04. The van der Waals surface area contributed by atoms with Crippen molar-refractivity contribution >= 4 is 10.8 Å². The van der Waals surface area contributed by atoms with Crippen LogP contribution in [0.4, 0.5) is 0 Å². The van der Waals surface area contributed by atoms with Gasteiger partial charge in [0, 0.05) is 5.56 Å². The first kappa shape index (κ1) is 13.4. The molecule has 4 rings (SSSR count). The van der Waals surface area contributed by atoms with Crippen molar-refractivity contribution in [3.8, 4) is 11.8 Å². The molecule has 3 aromatic carbocycles. The molecule has 0 unspecified atom stereocenters. The molecule has 0 saturated carbocycles. The number of nitrogens with two attached hydrogens (primary N) is 1. The van der Waals surface area contributed by atoms with Crippen LogP contribution in [0.3, 0.4) is 0 Å². The van der Waals surface area contributed by atoms with E-state index in [0.29, 0.717) is 11.3 Å². The van der Waals surface area contributed by atoms with Gasteiger partial charge in [-0.25, -0.2) is 0 Å². The predicted octanol–water partition coefficient (Wildman–Crippen LogP) is 4.06. The molecule has 3 nitrogen and oxygen atoms in total. The molecule has 0 aromatic heterocycles. The van der Waals surface area contributed by atoms with Crippen LogP contribution in [0.1, 0.15) is 17.0 Å². The average Bonchev–Trinajstić information content (AvgIpc) is 2.61. The van der Waals surface area contributed by atoms with Gasteiger partial charge in [0.2, 0.25) is 5.88 Å². The van der Waals surface area contributed by atoms with Gasteiger partial charge in [0.1, 0.15) is 17.4 Å². The molecule has 23 heavy (non-hydrogen) atoms. The third-order valence-corrected chi connectivity index (χ3v) is 4.25. The summed E-state index contributed by atoms with van der Waals surface area (Å²) in [5, 5.41) is 11.8. The molecule has 1 aliphatic rings. The summed E-state index contributed by atoms with van der Waals surface area (Å²) >= 11 is 0. The van der Waals surface area contributed by atoms with Gasteiger partial charge in [0.05, 0.1) is 5.92 Å². The molecule has 2 N–H and O–H groups in total. The van der Waals surface area contributed by atoms with Gasteiger partial charge in [0.25, 0.3) is 0 Å². The molecular formula is C20H14N2O. The molecular weight excluding hydrogens is 284 g/mol. The second kappa shape index (κ2) is 5.19. The highest BCUT2D eigenvalue weighted by atomic mass is 16.5. The van der Waals surface area contributed by atoms with Gasteiger partial charge < -0.3 is 10.5 Å². The van der Waals surface area contributed by atoms with E-state index in [1.54, 1.807) is 0 Å². The van der Waals surface area contributed by atoms with Crippen molar-refractivity contribution in [2.24, 2.45) is 5.73 Å². The van der Waals surface area contributed by atoms with Crippen molar-refractivity contribution in [1.29, 1.82) is 5.26 Å². The van der Waals surface area contributed by atoms with E-state index in [1.165, 1.54) is 0 Å². The van der Waals surface area contributed by atoms with Crippen LogP contribution < -0.4 is 10.5 Å². The molecule has 0 amide bonds. The molecule has 0 saturated heterocycles. The fourth-order valence-electron chi connectivity index (χ4n) is 3.22. The number of fused-ring (bicyclic) bond motifs is 3. The molecule has 0 spiro atoms. The Hall–Kier alpha value is -3.25. The minimum atomic E-state index is -0.212. The van der Waals surface area contributed by atoms with Gasteiger partial charge in [0.15, 0.2) is 0 Å². The number of nitriles is 1. The van der Waals surface area contributed by atoms with Crippen LogP contribution in [0.25, 0.3) is 10.8 Å². The number of rotatable bonds is 1. The van der Waals surface area contributed by atoms with E-state index < -0.39 is 0 Å². The summed E-state index contributed by atoms with van der Waals surface area (Å²) in [7, 11) is 0. The molecule has 110 valence electrons. The first-order valence-corrected chi connectivity index (χ1v) is 7.44. The quantitative estimate of drug-likeness (QED) is 0.737. The zero-order valence-corrected chi connectivity index (χ0v) is 12.4. The van der Waals surface area contributed by atoms with Crippen molar-refractivity contribution in [1.82, 2.24) is 0 Å². The minimum Gasteiger partial charge on any atom is -0.440 e. The summed E-state index contributed by atoms with van der Waals surface area (Å²) in [4.78, 5) is 0. The Morgan fingerprint density at radius 1 is 0.913 bits per heavy atom. The van der Waals surface area contributed by atoms with Crippen molar-refractivity contribution in [3.63, 3.8) is 0 Å². The van der Waals surface area contributed by atoms with Gasteiger partial charge in [-0.2, -0.15) is 5.26 Å². The van der Waals surface area contributed by atoms with E-state index in [1.807, 2.05) is 54.6 Å². The third-order valence-electron chi connectivity index (χ3n) is 4.25. The second-order valence-corrected chi connectivity index (χ2v) is 5.53. The first-order chi connectivity index (χ1) is 11.3. The summed E-state index contributed by atoms with van der Waals surface area (Å²) in [6, 6.07) is 24.3. The van der Waals surface area contributed by atoms with Crippen LogP contribution in [0, 0.1) is 11.3 Å². The monoisotopic (exact) mass is 298 g/mol. The van der Waals surface area contributed by atoms with Crippen LogP contribution in [-0.2, 0) is 0 Å². The molecule has 3 heteroatoms. The van der Waals surface area contributed by atoms with Crippen molar-refractivity contribution in [3.05, 3.63) is 89.3 Å². The topological polar surface area (TPSA) is 59.0 Å². The Morgan fingerprint density at radius 3 is 2.43 bits per heavy atom. The van der Waals surface area contributed by atoms with Gasteiger partial charge >= 0.3 is 0 Å². The molecule has 1 aliphatic heterocycles. The number of hydrogen-bond acceptors (Lipinski definition) is 3. The summed E-state index contributed by atoms with van der Waals surface area (Å²) in [6.45, 7) is 0. The van der Waals surface area contributed by atoms with E-state index >= 15 is 0 Å². The number of allylic oxidation sites excluding steroid dienone is 1. The highest BCUT2D eigenvalue weighted by Gasteiger charge is 2.31. The SMILES string of the molecule is N#CC1=C(N)Oc2ccc3ccccc3c2[C@H]1c1ccccc1. The first-order valence-electron chi connectivity index (χ1n) is 7.44. The average molecular weight is 298 g/mol. The number of hydrogen-bond donors (Lipinski definition) is 1. The molecule has 1 heterocycles. The Balaban J connectivity index is 2.08. The van der Waals surface area contributed by atoms with Gasteiger partial charge in [-0.15, -0.1) is 0 Å². The normalized spacial score (nSPS) is 16.6. The molecule has 0 radical (unpaired) electrons. The highest BCUT2D eigenvalue weighted by Crippen LogP contribution is 2.45. The van der Waals surface area contributed by atoms with Crippen molar-refractivity contribution in [2.45, 2.75) is 5.92 Å². The summed E-state index contributed by atoms with van der Waals surface area (Å²) in [5.41, 5.74) is 8.50. The van der Waals surface area contributed by atoms with Crippen LogP contribution in [-0.4, -0.2) is 0 Å². The Labute approximate surface area is 134 Å². The summed E-state index contributed by atoms with van der Waals surface area (Å²) in [6.07, 6.45) is 0. The zero-order valence-electron chi connectivity index (χ0n) is 12.4. The Kier molecular flexibility index (Phi) is 3.03. The lowest BCUT2D eigenvalue weighted by Crippen LogP contribution is -2.21. The molecule has 3 aromatic rings. The summed E-state index contributed by atoms with van der Waals surface area (Å²) < 4.78 is 5.73. The standard InChI is InChI=1S/C20H14N2O/c21-12-16-18(14-7-2-1-3-8-14)19-15-9-5-4-6-13(15)10-11-17(19)23-20(16)22/h1-11,18H,22H2/t18-/m0/s1. The molecule has 0 aliphatic carbocycles. The smallest absolute Gasteiger partial charge is 0.205 e. The maximum atomic E-state index is 9.62. The van der Waals surface area contributed by atoms with E-state index in [-0.39, 0.29) is 11.8 Å². The van der Waals surface area contributed by atoms with E-state index in [0.717, 1.165) is 21.9 Å².